The largest absolute Gasteiger partial charge is 0.335 e. The minimum absolute atomic E-state index is 0.0507. The molecule has 2 amide bonds. The van der Waals surface area contributed by atoms with Crippen molar-refractivity contribution >= 4 is 11.8 Å². The van der Waals surface area contributed by atoms with Gasteiger partial charge in [-0.1, -0.05) is 6.92 Å². The summed E-state index contributed by atoms with van der Waals surface area (Å²) >= 11 is 0. The SMILES string of the molecule is CCC(C)N(C)C(=O)C(=O)NN. The molecule has 70 valence electrons. The molecule has 0 heterocycles. The van der Waals surface area contributed by atoms with Crippen LogP contribution in [0.4, 0.5) is 0 Å². The zero-order chi connectivity index (χ0) is 9.72. The lowest BCUT2D eigenvalue weighted by atomic mass is 10.2. The molecule has 0 aromatic rings. The molecule has 0 bridgehead atoms. The number of hydrazine groups is 1. The highest BCUT2D eigenvalue weighted by molar-refractivity contribution is 6.34. The Morgan fingerprint density at radius 3 is 2.42 bits per heavy atom. The summed E-state index contributed by atoms with van der Waals surface area (Å²) in [6.45, 7) is 3.80. The molecule has 1 atom stereocenters. The number of nitrogens with two attached hydrogens (primary N) is 1. The van der Waals surface area contributed by atoms with Crippen LogP contribution < -0.4 is 11.3 Å². The molecule has 3 N–H and O–H groups in total. The van der Waals surface area contributed by atoms with Crippen molar-refractivity contribution in [1.82, 2.24) is 10.3 Å². The molecule has 5 nitrogen and oxygen atoms in total. The molecule has 5 heteroatoms. The van der Waals surface area contributed by atoms with Gasteiger partial charge in [-0.2, -0.15) is 0 Å². The average molecular weight is 173 g/mol. The third-order valence-electron chi connectivity index (χ3n) is 1.90. The molecule has 0 radical (unpaired) electrons. The van der Waals surface area contributed by atoms with Crippen molar-refractivity contribution in [2.24, 2.45) is 5.84 Å². The fourth-order valence-corrected chi connectivity index (χ4v) is 0.696. The van der Waals surface area contributed by atoms with Crippen LogP contribution in [0, 0.1) is 0 Å². The fraction of sp³-hybridized carbons (Fsp3) is 0.714. The molecule has 1 unspecified atom stereocenters. The second-order valence-electron chi connectivity index (χ2n) is 2.65. The topological polar surface area (TPSA) is 75.4 Å². The number of carbonyl (C=O) groups excluding carboxylic acids is 2. The number of rotatable bonds is 2. The van der Waals surface area contributed by atoms with Crippen LogP contribution >= 0.6 is 0 Å². The van der Waals surface area contributed by atoms with Gasteiger partial charge in [-0.05, 0) is 13.3 Å². The molecular formula is C7H15N3O2. The number of nitrogens with one attached hydrogen (secondary N) is 1. The van der Waals surface area contributed by atoms with Gasteiger partial charge in [0.1, 0.15) is 0 Å². The summed E-state index contributed by atoms with van der Waals surface area (Å²) in [5, 5.41) is 0. The summed E-state index contributed by atoms with van der Waals surface area (Å²) in [6.07, 6.45) is 0.806. The Kier molecular flexibility index (Phi) is 4.28. The maximum atomic E-state index is 11.1. The lowest BCUT2D eigenvalue weighted by Crippen LogP contribution is -2.46. The molecule has 0 spiro atoms. The quantitative estimate of drug-likeness (QED) is 0.249. The van der Waals surface area contributed by atoms with Gasteiger partial charge in [-0.15, -0.1) is 0 Å². The molecule has 0 aromatic heterocycles. The van der Waals surface area contributed by atoms with Crippen molar-refractivity contribution in [1.29, 1.82) is 0 Å². The minimum atomic E-state index is -0.780. The summed E-state index contributed by atoms with van der Waals surface area (Å²) in [5.74, 6) is 3.42. The Balaban J connectivity index is 4.19. The molecule has 0 fully saturated rings. The molecule has 0 rings (SSSR count). The van der Waals surface area contributed by atoms with Gasteiger partial charge < -0.3 is 4.90 Å². The van der Waals surface area contributed by atoms with Crippen LogP contribution in [-0.2, 0) is 9.59 Å². The third-order valence-corrected chi connectivity index (χ3v) is 1.90. The van der Waals surface area contributed by atoms with Crippen LogP contribution in [0.3, 0.4) is 0 Å². The van der Waals surface area contributed by atoms with E-state index >= 15 is 0 Å². The Morgan fingerprint density at radius 1 is 1.58 bits per heavy atom. The monoisotopic (exact) mass is 173 g/mol. The van der Waals surface area contributed by atoms with E-state index in [1.54, 1.807) is 12.5 Å². The van der Waals surface area contributed by atoms with Crippen LogP contribution in [0.1, 0.15) is 20.3 Å². The zero-order valence-electron chi connectivity index (χ0n) is 7.63. The van der Waals surface area contributed by atoms with Crippen molar-refractivity contribution in [3.63, 3.8) is 0 Å². The highest BCUT2D eigenvalue weighted by Crippen LogP contribution is 1.99. The van der Waals surface area contributed by atoms with Crippen molar-refractivity contribution in [3.05, 3.63) is 0 Å². The van der Waals surface area contributed by atoms with E-state index in [0.29, 0.717) is 0 Å². The summed E-state index contributed by atoms with van der Waals surface area (Å²) in [4.78, 5) is 23.2. The predicted octanol–water partition coefficient (Wildman–Crippen LogP) is -0.767. The standard InChI is InChI=1S/C7H15N3O2/c1-4-5(2)10(3)7(12)6(11)9-8/h5H,4,8H2,1-3H3,(H,9,11). The van der Waals surface area contributed by atoms with E-state index in [4.69, 9.17) is 5.84 Å². The van der Waals surface area contributed by atoms with E-state index in [2.05, 4.69) is 0 Å². The van der Waals surface area contributed by atoms with E-state index in [1.165, 1.54) is 4.90 Å². The normalized spacial score (nSPS) is 12.0. The van der Waals surface area contributed by atoms with E-state index in [9.17, 15) is 9.59 Å². The first-order valence-corrected chi connectivity index (χ1v) is 3.82. The highest BCUT2D eigenvalue weighted by atomic mass is 16.2. The van der Waals surface area contributed by atoms with Gasteiger partial charge in [0, 0.05) is 13.1 Å². The summed E-state index contributed by atoms with van der Waals surface area (Å²) in [5.41, 5.74) is 1.79. The second-order valence-corrected chi connectivity index (χ2v) is 2.65. The first kappa shape index (κ1) is 10.9. The second kappa shape index (κ2) is 4.71. The molecule has 0 aliphatic carbocycles. The van der Waals surface area contributed by atoms with E-state index < -0.39 is 11.8 Å². The van der Waals surface area contributed by atoms with Crippen molar-refractivity contribution in [3.8, 4) is 0 Å². The summed E-state index contributed by atoms with van der Waals surface area (Å²) < 4.78 is 0. The predicted molar refractivity (Wildman–Crippen MR) is 44.9 cm³/mol. The average Bonchev–Trinajstić information content (AvgIpc) is 2.12. The van der Waals surface area contributed by atoms with Gasteiger partial charge in [0.2, 0.25) is 0 Å². The van der Waals surface area contributed by atoms with Crippen LogP contribution in [0.15, 0.2) is 0 Å². The number of amides is 2. The maximum Gasteiger partial charge on any atom is 0.323 e. The molecule has 0 aliphatic rings. The van der Waals surface area contributed by atoms with Crippen molar-refractivity contribution < 1.29 is 9.59 Å². The number of carbonyl (C=O) groups is 2. The zero-order valence-corrected chi connectivity index (χ0v) is 7.63. The van der Waals surface area contributed by atoms with Gasteiger partial charge in [0.25, 0.3) is 0 Å². The molecular weight excluding hydrogens is 158 g/mol. The smallest absolute Gasteiger partial charge is 0.323 e. The Labute approximate surface area is 71.9 Å². The van der Waals surface area contributed by atoms with Gasteiger partial charge >= 0.3 is 11.8 Å². The number of likely N-dealkylation sites (N-methyl/N-ethyl adjacent to an activating group) is 1. The van der Waals surface area contributed by atoms with E-state index in [0.717, 1.165) is 6.42 Å². The summed E-state index contributed by atoms with van der Waals surface area (Å²) in [7, 11) is 1.58. The van der Waals surface area contributed by atoms with Gasteiger partial charge in [-0.3, -0.25) is 15.0 Å². The van der Waals surface area contributed by atoms with Crippen LogP contribution in [0.2, 0.25) is 0 Å². The van der Waals surface area contributed by atoms with Crippen molar-refractivity contribution in [2.45, 2.75) is 26.3 Å². The molecule has 0 aliphatic heterocycles. The number of hydrogen-bond acceptors (Lipinski definition) is 3. The Morgan fingerprint density at radius 2 is 2.08 bits per heavy atom. The van der Waals surface area contributed by atoms with Crippen LogP contribution in [0.5, 0.6) is 0 Å². The molecule has 0 saturated heterocycles. The van der Waals surface area contributed by atoms with Gasteiger partial charge in [0.05, 0.1) is 0 Å². The molecule has 0 saturated carbocycles. The lowest BCUT2D eigenvalue weighted by Gasteiger charge is -2.22. The molecule has 0 aromatic carbocycles. The number of nitrogens with zero attached hydrogens (tertiary/aromatic N) is 1. The maximum absolute atomic E-state index is 11.1. The first-order chi connectivity index (χ1) is 5.54. The lowest BCUT2D eigenvalue weighted by molar-refractivity contribution is -0.146. The Bertz CT molecular complexity index is 181. The number of hydrogen-bond donors (Lipinski definition) is 2. The minimum Gasteiger partial charge on any atom is -0.335 e. The van der Waals surface area contributed by atoms with E-state index in [1.807, 2.05) is 13.8 Å². The van der Waals surface area contributed by atoms with Gasteiger partial charge in [-0.25, -0.2) is 5.84 Å². The van der Waals surface area contributed by atoms with Crippen LogP contribution in [-0.4, -0.2) is 29.8 Å². The van der Waals surface area contributed by atoms with E-state index in [-0.39, 0.29) is 6.04 Å². The summed E-state index contributed by atoms with van der Waals surface area (Å²) in [6, 6.07) is 0.0507. The van der Waals surface area contributed by atoms with Crippen LogP contribution in [0.25, 0.3) is 0 Å². The van der Waals surface area contributed by atoms with Crippen molar-refractivity contribution in [2.75, 3.05) is 7.05 Å². The highest BCUT2D eigenvalue weighted by Gasteiger charge is 2.20. The third kappa shape index (κ3) is 2.50. The van der Waals surface area contributed by atoms with Gasteiger partial charge in [0.15, 0.2) is 0 Å². The first-order valence-electron chi connectivity index (χ1n) is 3.82. The molecule has 12 heavy (non-hydrogen) atoms. The fourth-order valence-electron chi connectivity index (χ4n) is 0.696. The Hall–Kier alpha value is -1.10.